The molecule has 1 saturated heterocycles. The van der Waals surface area contributed by atoms with Gasteiger partial charge < -0.3 is 21.3 Å². The number of Topliss-reactive ketones (excluding diaryl/α,β-unsaturated/α-hetero) is 1. The van der Waals surface area contributed by atoms with Crippen LogP contribution < -0.4 is 16.4 Å². The fourth-order valence-electron chi connectivity index (χ4n) is 5.19. The second-order valence-corrected chi connectivity index (χ2v) is 9.50. The van der Waals surface area contributed by atoms with Crippen LogP contribution in [0.2, 0.25) is 0 Å². The molecule has 9 heteroatoms. The van der Waals surface area contributed by atoms with E-state index in [0.717, 1.165) is 38.5 Å². The van der Waals surface area contributed by atoms with E-state index in [1.807, 2.05) is 6.07 Å². The van der Waals surface area contributed by atoms with Gasteiger partial charge in [-0.05, 0) is 88.9 Å². The molecule has 2 amide bonds. The van der Waals surface area contributed by atoms with Crippen molar-refractivity contribution in [2.24, 2.45) is 5.73 Å². The third kappa shape index (κ3) is 8.17. The molecule has 0 saturated carbocycles. The summed E-state index contributed by atoms with van der Waals surface area (Å²) in [6, 6.07) is 7.03. The summed E-state index contributed by atoms with van der Waals surface area (Å²) >= 11 is 0. The molecule has 1 aromatic carbocycles. The van der Waals surface area contributed by atoms with Crippen molar-refractivity contribution in [2.45, 2.75) is 88.8 Å². The van der Waals surface area contributed by atoms with Gasteiger partial charge in [0.25, 0.3) is 0 Å². The van der Waals surface area contributed by atoms with E-state index >= 15 is 0 Å². The van der Waals surface area contributed by atoms with Crippen LogP contribution >= 0.6 is 24.8 Å². The van der Waals surface area contributed by atoms with Crippen molar-refractivity contribution in [1.29, 1.82) is 0 Å². The number of halogens is 2. The van der Waals surface area contributed by atoms with Crippen LogP contribution in [0.4, 0.5) is 0 Å². The monoisotopic (exact) mass is 528 g/mol. The molecule has 0 aromatic heterocycles. The number of hydrogen-bond donors (Lipinski definition) is 3. The Morgan fingerprint density at radius 2 is 1.86 bits per heavy atom. The van der Waals surface area contributed by atoms with E-state index in [4.69, 9.17) is 5.73 Å². The summed E-state index contributed by atoms with van der Waals surface area (Å²) in [4.78, 5) is 41.1. The maximum absolute atomic E-state index is 13.5. The molecule has 0 unspecified atom stereocenters. The first-order valence-corrected chi connectivity index (χ1v) is 12.5. The van der Waals surface area contributed by atoms with E-state index in [9.17, 15) is 14.4 Å². The zero-order valence-corrected chi connectivity index (χ0v) is 22.6. The molecule has 7 nitrogen and oxygen atoms in total. The van der Waals surface area contributed by atoms with E-state index in [1.165, 1.54) is 11.1 Å². The summed E-state index contributed by atoms with van der Waals surface area (Å²) in [6.07, 6.45) is 7.28. The van der Waals surface area contributed by atoms with Gasteiger partial charge in [-0.25, -0.2) is 0 Å². The van der Waals surface area contributed by atoms with Crippen molar-refractivity contribution in [1.82, 2.24) is 15.5 Å². The molecular weight excluding hydrogens is 487 g/mol. The predicted octanol–water partition coefficient (Wildman–Crippen LogP) is 3.12. The number of ketones is 1. The smallest absolute Gasteiger partial charge is 0.245 e. The Kier molecular flexibility index (Phi) is 13.8. The Bertz CT molecular complexity index is 839. The summed E-state index contributed by atoms with van der Waals surface area (Å²) in [5, 5.41) is 5.83. The third-order valence-corrected chi connectivity index (χ3v) is 7.24. The number of likely N-dealkylation sites (N-methyl/N-ethyl adjacent to an activating group) is 1. The van der Waals surface area contributed by atoms with Gasteiger partial charge in [0, 0.05) is 13.0 Å². The second-order valence-electron chi connectivity index (χ2n) is 9.50. The van der Waals surface area contributed by atoms with Crippen LogP contribution in [0.5, 0.6) is 0 Å². The number of benzene rings is 1. The number of carbonyl (C=O) groups excluding carboxylic acids is 3. The Hall–Kier alpha value is -1.67. The highest BCUT2D eigenvalue weighted by Gasteiger charge is 2.38. The Morgan fingerprint density at radius 3 is 2.57 bits per heavy atom. The van der Waals surface area contributed by atoms with Gasteiger partial charge in [-0.15, -0.1) is 24.8 Å². The van der Waals surface area contributed by atoms with Crippen LogP contribution in [0.3, 0.4) is 0 Å². The van der Waals surface area contributed by atoms with Gasteiger partial charge in [-0.2, -0.15) is 0 Å². The zero-order chi connectivity index (χ0) is 23.8. The van der Waals surface area contributed by atoms with Gasteiger partial charge in [0.2, 0.25) is 11.8 Å². The Balaban J connectivity index is 0.00000306. The lowest BCUT2D eigenvalue weighted by Crippen LogP contribution is -2.54. The maximum Gasteiger partial charge on any atom is 0.245 e. The molecular formula is C26H42Cl2N4O3. The number of aryl methyl sites for hydroxylation is 1. The molecule has 1 heterocycles. The van der Waals surface area contributed by atoms with Crippen LogP contribution in [0.25, 0.3) is 0 Å². The van der Waals surface area contributed by atoms with Gasteiger partial charge in [0.1, 0.15) is 6.04 Å². The fraction of sp³-hybridized carbons (Fsp3) is 0.654. The zero-order valence-electron chi connectivity index (χ0n) is 21.0. The van der Waals surface area contributed by atoms with Gasteiger partial charge >= 0.3 is 0 Å². The van der Waals surface area contributed by atoms with Gasteiger partial charge in [-0.3, -0.25) is 14.4 Å². The maximum atomic E-state index is 13.5. The Labute approximate surface area is 222 Å². The molecule has 2 aliphatic rings. The molecule has 0 spiro atoms. The van der Waals surface area contributed by atoms with Crippen molar-refractivity contribution in [3.05, 3.63) is 35.4 Å². The van der Waals surface area contributed by atoms with Gasteiger partial charge in [0.05, 0.1) is 12.1 Å². The van der Waals surface area contributed by atoms with E-state index in [2.05, 4.69) is 28.8 Å². The summed E-state index contributed by atoms with van der Waals surface area (Å²) < 4.78 is 0. The highest BCUT2D eigenvalue weighted by molar-refractivity contribution is 5.94. The van der Waals surface area contributed by atoms with Crippen molar-refractivity contribution >= 4 is 42.4 Å². The molecule has 1 aromatic rings. The second kappa shape index (κ2) is 15.4. The quantitative estimate of drug-likeness (QED) is 0.382. The Morgan fingerprint density at radius 1 is 1.11 bits per heavy atom. The van der Waals surface area contributed by atoms with Crippen LogP contribution in [0.15, 0.2) is 24.3 Å². The first-order chi connectivity index (χ1) is 16.0. The van der Waals surface area contributed by atoms with E-state index < -0.39 is 12.1 Å². The molecule has 1 aliphatic heterocycles. The highest BCUT2D eigenvalue weighted by atomic mass is 35.5. The van der Waals surface area contributed by atoms with Crippen molar-refractivity contribution < 1.29 is 14.4 Å². The number of unbranched alkanes of at least 4 members (excludes halogenated alkanes) is 1. The SMILES string of the molecule is CN[C@@H](C)C(=O)N[C@@H](CCCCN)C(=O)N1CCC[C@H]1C(=O)C[C@@H]1CCCc2ccccc21.Cl.Cl. The minimum absolute atomic E-state index is 0. The normalized spacial score (nSPS) is 20.6. The number of nitrogens with one attached hydrogen (secondary N) is 2. The summed E-state index contributed by atoms with van der Waals surface area (Å²) in [6.45, 7) is 2.89. The number of amides is 2. The molecule has 4 N–H and O–H groups in total. The molecule has 35 heavy (non-hydrogen) atoms. The lowest BCUT2D eigenvalue weighted by molar-refractivity contribution is -0.141. The first-order valence-electron chi connectivity index (χ1n) is 12.5. The number of likely N-dealkylation sites (tertiary alicyclic amines) is 1. The molecule has 3 rings (SSSR count). The minimum Gasteiger partial charge on any atom is -0.343 e. The molecule has 1 fully saturated rings. The number of hydrogen-bond acceptors (Lipinski definition) is 5. The summed E-state index contributed by atoms with van der Waals surface area (Å²) in [5.41, 5.74) is 8.27. The summed E-state index contributed by atoms with van der Waals surface area (Å²) in [7, 11) is 1.72. The minimum atomic E-state index is -0.622. The lowest BCUT2D eigenvalue weighted by atomic mass is 9.79. The first kappa shape index (κ1) is 31.4. The molecule has 1 aliphatic carbocycles. The van der Waals surface area contributed by atoms with Crippen molar-refractivity contribution in [2.75, 3.05) is 20.1 Å². The number of nitrogens with two attached hydrogens (primary N) is 1. The van der Waals surface area contributed by atoms with E-state index in [-0.39, 0.29) is 54.4 Å². The van der Waals surface area contributed by atoms with Crippen molar-refractivity contribution in [3.8, 4) is 0 Å². The van der Waals surface area contributed by atoms with Crippen LogP contribution in [0.1, 0.15) is 75.3 Å². The van der Waals surface area contributed by atoms with Gasteiger partial charge in [0.15, 0.2) is 5.78 Å². The summed E-state index contributed by atoms with van der Waals surface area (Å²) in [5.74, 6) is 0.0442. The molecule has 0 radical (unpaired) electrons. The van der Waals surface area contributed by atoms with Crippen LogP contribution in [0, 0.1) is 0 Å². The molecule has 198 valence electrons. The van der Waals surface area contributed by atoms with E-state index in [0.29, 0.717) is 32.4 Å². The number of fused-ring (bicyclic) bond motifs is 1. The standard InChI is InChI=1S/C26H40N4O3.2ClH/c1-18(28-2)25(32)29-22(13-5-6-15-27)26(33)30-16-8-14-23(30)24(31)17-20-11-7-10-19-9-3-4-12-21(19)20;;/h3-4,9,12,18,20,22-23,28H,5-8,10-11,13-17,27H2,1-2H3,(H,29,32);2*1H/t18-,20-,22-,23-;;/m0../s1. The number of nitrogens with zero attached hydrogens (tertiary/aromatic N) is 1. The molecule has 0 bridgehead atoms. The largest absolute Gasteiger partial charge is 0.343 e. The highest BCUT2D eigenvalue weighted by Crippen LogP contribution is 2.35. The fourth-order valence-corrected chi connectivity index (χ4v) is 5.19. The third-order valence-electron chi connectivity index (χ3n) is 7.24. The van der Waals surface area contributed by atoms with E-state index in [1.54, 1.807) is 18.9 Å². The lowest BCUT2D eigenvalue weighted by Gasteiger charge is -2.31. The van der Waals surface area contributed by atoms with Gasteiger partial charge in [-0.1, -0.05) is 24.3 Å². The predicted molar refractivity (Wildman–Crippen MR) is 144 cm³/mol. The van der Waals surface area contributed by atoms with Crippen LogP contribution in [-0.2, 0) is 20.8 Å². The van der Waals surface area contributed by atoms with Crippen LogP contribution in [-0.4, -0.2) is 60.8 Å². The average Bonchev–Trinajstić information content (AvgIpc) is 3.33. The topological polar surface area (TPSA) is 105 Å². The van der Waals surface area contributed by atoms with Crippen molar-refractivity contribution in [3.63, 3.8) is 0 Å². The average molecular weight is 530 g/mol. The number of carbonyl (C=O) groups is 3. The number of rotatable bonds is 11. The molecule has 4 atom stereocenters.